The summed E-state index contributed by atoms with van der Waals surface area (Å²) in [6.45, 7) is 5.60. The Hall–Kier alpha value is -0.240. The number of hydrogen-bond donors (Lipinski definition) is 1. The standard InChI is InChI=1S/C16H23Cl2N/c1-3-9-19-16(13-6-4-5-11(13)2)14-8-7-12(17)10-15(14)18/h7-8,10-11,13,16,19H,3-6,9H2,1-2H3. The Balaban J connectivity index is 2.25. The van der Waals surface area contributed by atoms with Gasteiger partial charge in [-0.25, -0.2) is 0 Å². The summed E-state index contributed by atoms with van der Waals surface area (Å²) in [4.78, 5) is 0. The van der Waals surface area contributed by atoms with Gasteiger partial charge in [0.2, 0.25) is 0 Å². The summed E-state index contributed by atoms with van der Waals surface area (Å²) in [6, 6.07) is 6.26. The average molecular weight is 300 g/mol. The molecule has 3 atom stereocenters. The minimum Gasteiger partial charge on any atom is -0.310 e. The van der Waals surface area contributed by atoms with Crippen LogP contribution in [0.25, 0.3) is 0 Å². The van der Waals surface area contributed by atoms with Gasteiger partial charge in [-0.1, -0.05) is 56.0 Å². The fourth-order valence-electron chi connectivity index (χ4n) is 3.21. The molecule has 0 aromatic heterocycles. The van der Waals surface area contributed by atoms with Crippen LogP contribution < -0.4 is 5.32 Å². The van der Waals surface area contributed by atoms with Crippen LogP contribution in [-0.2, 0) is 0 Å². The Morgan fingerprint density at radius 3 is 2.68 bits per heavy atom. The fraction of sp³-hybridized carbons (Fsp3) is 0.625. The lowest BCUT2D eigenvalue weighted by Crippen LogP contribution is -2.30. The Morgan fingerprint density at radius 1 is 1.32 bits per heavy atom. The van der Waals surface area contributed by atoms with E-state index in [1.165, 1.54) is 24.8 Å². The molecule has 2 rings (SSSR count). The number of benzene rings is 1. The molecule has 0 aliphatic heterocycles. The number of hydrogen-bond acceptors (Lipinski definition) is 1. The van der Waals surface area contributed by atoms with Gasteiger partial charge in [0, 0.05) is 16.1 Å². The molecule has 1 saturated carbocycles. The molecule has 0 spiro atoms. The van der Waals surface area contributed by atoms with Crippen LogP contribution in [0.5, 0.6) is 0 Å². The van der Waals surface area contributed by atoms with E-state index in [1.807, 2.05) is 12.1 Å². The second-order valence-electron chi connectivity index (χ2n) is 5.67. The van der Waals surface area contributed by atoms with Crippen LogP contribution in [0.4, 0.5) is 0 Å². The zero-order valence-corrected chi connectivity index (χ0v) is 13.3. The quantitative estimate of drug-likeness (QED) is 0.760. The van der Waals surface area contributed by atoms with Gasteiger partial charge < -0.3 is 5.32 Å². The van der Waals surface area contributed by atoms with Gasteiger partial charge in [0.15, 0.2) is 0 Å². The van der Waals surface area contributed by atoms with Gasteiger partial charge in [-0.15, -0.1) is 0 Å². The van der Waals surface area contributed by atoms with Gasteiger partial charge in [-0.3, -0.25) is 0 Å². The highest BCUT2D eigenvalue weighted by molar-refractivity contribution is 6.35. The van der Waals surface area contributed by atoms with Crippen LogP contribution >= 0.6 is 23.2 Å². The summed E-state index contributed by atoms with van der Waals surface area (Å²) in [7, 11) is 0. The van der Waals surface area contributed by atoms with Crippen molar-refractivity contribution in [2.45, 2.75) is 45.6 Å². The van der Waals surface area contributed by atoms with Gasteiger partial charge in [0.25, 0.3) is 0 Å². The molecular formula is C16H23Cl2N. The van der Waals surface area contributed by atoms with Crippen molar-refractivity contribution in [3.05, 3.63) is 33.8 Å². The second-order valence-corrected chi connectivity index (χ2v) is 6.51. The second kappa shape index (κ2) is 6.97. The third kappa shape index (κ3) is 3.65. The van der Waals surface area contributed by atoms with Crippen LogP contribution in [0.1, 0.15) is 51.1 Å². The molecular weight excluding hydrogens is 277 g/mol. The highest BCUT2D eigenvalue weighted by atomic mass is 35.5. The van der Waals surface area contributed by atoms with E-state index in [4.69, 9.17) is 23.2 Å². The van der Waals surface area contributed by atoms with E-state index in [-0.39, 0.29) is 0 Å². The maximum atomic E-state index is 6.40. The SMILES string of the molecule is CCCNC(c1ccc(Cl)cc1Cl)C1CCCC1C. The Kier molecular flexibility index (Phi) is 5.56. The van der Waals surface area contributed by atoms with Crippen molar-refractivity contribution in [1.82, 2.24) is 5.32 Å². The smallest absolute Gasteiger partial charge is 0.0468 e. The molecule has 1 N–H and O–H groups in total. The monoisotopic (exact) mass is 299 g/mol. The molecule has 3 heteroatoms. The van der Waals surface area contributed by atoms with E-state index in [9.17, 15) is 0 Å². The highest BCUT2D eigenvalue weighted by Crippen LogP contribution is 2.42. The number of nitrogens with one attached hydrogen (secondary N) is 1. The first-order chi connectivity index (χ1) is 9.13. The lowest BCUT2D eigenvalue weighted by atomic mass is 9.86. The average Bonchev–Trinajstić information content (AvgIpc) is 2.78. The van der Waals surface area contributed by atoms with E-state index < -0.39 is 0 Å². The molecule has 1 aromatic rings. The normalized spacial score (nSPS) is 24.6. The molecule has 1 aromatic carbocycles. The molecule has 0 radical (unpaired) electrons. The predicted octanol–water partition coefficient (Wildman–Crippen LogP) is 5.47. The molecule has 106 valence electrons. The molecule has 19 heavy (non-hydrogen) atoms. The van der Waals surface area contributed by atoms with Crippen molar-refractivity contribution in [1.29, 1.82) is 0 Å². The molecule has 1 nitrogen and oxygen atoms in total. The first-order valence-electron chi connectivity index (χ1n) is 7.31. The molecule has 1 fully saturated rings. The van der Waals surface area contributed by atoms with Crippen molar-refractivity contribution in [3.63, 3.8) is 0 Å². The third-order valence-corrected chi connectivity index (χ3v) is 4.83. The first-order valence-corrected chi connectivity index (χ1v) is 8.07. The van der Waals surface area contributed by atoms with Crippen molar-refractivity contribution in [3.8, 4) is 0 Å². The van der Waals surface area contributed by atoms with Gasteiger partial charge in [0.1, 0.15) is 0 Å². The maximum Gasteiger partial charge on any atom is 0.0468 e. The van der Waals surface area contributed by atoms with Gasteiger partial charge >= 0.3 is 0 Å². The molecule has 0 heterocycles. The van der Waals surface area contributed by atoms with E-state index in [2.05, 4.69) is 25.2 Å². The summed E-state index contributed by atoms with van der Waals surface area (Å²) >= 11 is 12.4. The first kappa shape index (κ1) is 15.2. The number of halogens is 2. The Morgan fingerprint density at radius 2 is 2.11 bits per heavy atom. The van der Waals surface area contributed by atoms with E-state index in [0.717, 1.165) is 23.9 Å². The Labute approximate surface area is 126 Å². The van der Waals surface area contributed by atoms with Crippen molar-refractivity contribution < 1.29 is 0 Å². The lowest BCUT2D eigenvalue weighted by Gasteiger charge is -2.29. The summed E-state index contributed by atoms with van der Waals surface area (Å²) < 4.78 is 0. The van der Waals surface area contributed by atoms with Crippen LogP contribution in [-0.4, -0.2) is 6.54 Å². The zero-order valence-electron chi connectivity index (χ0n) is 11.8. The third-order valence-electron chi connectivity index (χ3n) is 4.27. The fourth-order valence-corrected chi connectivity index (χ4v) is 3.74. The van der Waals surface area contributed by atoms with E-state index >= 15 is 0 Å². The van der Waals surface area contributed by atoms with Gasteiger partial charge in [-0.05, 0) is 48.9 Å². The number of rotatable bonds is 5. The minimum atomic E-state index is 0.363. The molecule has 1 aliphatic rings. The molecule has 3 unspecified atom stereocenters. The van der Waals surface area contributed by atoms with Crippen molar-refractivity contribution in [2.24, 2.45) is 11.8 Å². The van der Waals surface area contributed by atoms with E-state index in [0.29, 0.717) is 17.0 Å². The predicted molar refractivity (Wildman–Crippen MR) is 84.0 cm³/mol. The van der Waals surface area contributed by atoms with Crippen molar-refractivity contribution in [2.75, 3.05) is 6.54 Å². The molecule has 0 bridgehead atoms. The van der Waals surface area contributed by atoms with Crippen LogP contribution in [0.3, 0.4) is 0 Å². The summed E-state index contributed by atoms with van der Waals surface area (Å²) in [5, 5.41) is 5.19. The van der Waals surface area contributed by atoms with Crippen LogP contribution in [0.15, 0.2) is 18.2 Å². The molecule has 0 amide bonds. The topological polar surface area (TPSA) is 12.0 Å². The van der Waals surface area contributed by atoms with Crippen molar-refractivity contribution >= 4 is 23.2 Å². The minimum absolute atomic E-state index is 0.363. The van der Waals surface area contributed by atoms with Crippen LogP contribution in [0, 0.1) is 11.8 Å². The van der Waals surface area contributed by atoms with Gasteiger partial charge in [0.05, 0.1) is 0 Å². The summed E-state index contributed by atoms with van der Waals surface area (Å²) in [5.74, 6) is 1.45. The summed E-state index contributed by atoms with van der Waals surface area (Å²) in [5.41, 5.74) is 1.21. The highest BCUT2D eigenvalue weighted by Gasteiger charge is 2.32. The molecule has 0 saturated heterocycles. The zero-order chi connectivity index (χ0) is 13.8. The van der Waals surface area contributed by atoms with Crippen LogP contribution in [0.2, 0.25) is 10.0 Å². The lowest BCUT2D eigenvalue weighted by molar-refractivity contribution is 0.302. The molecule has 1 aliphatic carbocycles. The maximum absolute atomic E-state index is 6.40. The Bertz CT molecular complexity index is 419. The summed E-state index contributed by atoms with van der Waals surface area (Å²) in [6.07, 6.45) is 5.10. The largest absolute Gasteiger partial charge is 0.310 e. The van der Waals surface area contributed by atoms with E-state index in [1.54, 1.807) is 0 Å². The van der Waals surface area contributed by atoms with Gasteiger partial charge in [-0.2, -0.15) is 0 Å².